The zero-order valence-corrected chi connectivity index (χ0v) is 20.4. The SMILES string of the molecule is COC(=O)c1[nH]c(C)c(C([O-])=C2C(=O)C(=O)N(Cc3ccc[nH+]c3)C2c2ccc(Br)cc2)c1C. The van der Waals surface area contributed by atoms with Gasteiger partial charge in [0.1, 0.15) is 5.69 Å². The van der Waals surface area contributed by atoms with Crippen molar-refractivity contribution < 1.29 is 29.2 Å². The predicted octanol–water partition coefficient (Wildman–Crippen LogP) is 2.42. The summed E-state index contributed by atoms with van der Waals surface area (Å²) in [6, 6.07) is 9.88. The molecule has 8 nitrogen and oxygen atoms in total. The minimum atomic E-state index is -0.879. The van der Waals surface area contributed by atoms with E-state index in [1.807, 2.05) is 6.07 Å². The Bertz CT molecular complexity index is 1310. The van der Waals surface area contributed by atoms with Crippen LogP contribution in [0.3, 0.4) is 0 Å². The summed E-state index contributed by atoms with van der Waals surface area (Å²) >= 11 is 3.40. The van der Waals surface area contributed by atoms with E-state index in [0.717, 1.165) is 10.0 Å². The van der Waals surface area contributed by atoms with Gasteiger partial charge in [-0.3, -0.25) is 9.59 Å². The van der Waals surface area contributed by atoms with Gasteiger partial charge in [-0.2, -0.15) is 0 Å². The summed E-state index contributed by atoms with van der Waals surface area (Å²) in [6.45, 7) is 3.38. The molecule has 174 valence electrons. The van der Waals surface area contributed by atoms with Crippen molar-refractivity contribution in [1.82, 2.24) is 9.88 Å². The fourth-order valence-corrected chi connectivity index (χ4v) is 4.55. The van der Waals surface area contributed by atoms with Crippen molar-refractivity contribution in [2.24, 2.45) is 0 Å². The first kappa shape index (κ1) is 23.4. The predicted molar refractivity (Wildman–Crippen MR) is 124 cm³/mol. The van der Waals surface area contributed by atoms with Gasteiger partial charge in [0.15, 0.2) is 12.4 Å². The second-order valence-electron chi connectivity index (χ2n) is 7.99. The van der Waals surface area contributed by atoms with Gasteiger partial charge < -0.3 is 19.7 Å². The monoisotopic (exact) mass is 523 g/mol. The normalized spacial score (nSPS) is 17.3. The molecule has 2 aromatic heterocycles. The minimum Gasteiger partial charge on any atom is -0.872 e. The number of aromatic nitrogens is 2. The van der Waals surface area contributed by atoms with E-state index in [-0.39, 0.29) is 23.4 Å². The van der Waals surface area contributed by atoms with Crippen molar-refractivity contribution in [3.05, 3.63) is 92.5 Å². The van der Waals surface area contributed by atoms with E-state index < -0.39 is 29.5 Å². The quantitative estimate of drug-likeness (QED) is 0.238. The number of hydrogen-bond donors (Lipinski definition) is 1. The lowest BCUT2D eigenvalue weighted by molar-refractivity contribution is -0.378. The molecule has 3 aromatic rings. The molecule has 4 rings (SSSR count). The average Bonchev–Trinajstić information content (AvgIpc) is 3.27. The van der Waals surface area contributed by atoms with Crippen molar-refractivity contribution in [3.8, 4) is 0 Å². The van der Waals surface area contributed by atoms with Crippen LogP contribution in [-0.4, -0.2) is 34.7 Å². The second-order valence-corrected chi connectivity index (χ2v) is 8.90. The molecule has 1 aromatic carbocycles. The van der Waals surface area contributed by atoms with E-state index in [1.54, 1.807) is 56.6 Å². The van der Waals surface area contributed by atoms with Crippen molar-refractivity contribution >= 4 is 39.3 Å². The van der Waals surface area contributed by atoms with Gasteiger partial charge in [-0.15, -0.1) is 0 Å². The van der Waals surface area contributed by atoms with Crippen LogP contribution in [0.5, 0.6) is 0 Å². The smallest absolute Gasteiger partial charge is 0.354 e. The maximum absolute atomic E-state index is 13.8. The number of ketones is 1. The maximum atomic E-state index is 13.8. The number of nitrogens with one attached hydrogen (secondary N) is 2. The van der Waals surface area contributed by atoms with Gasteiger partial charge in [0.2, 0.25) is 5.78 Å². The highest BCUT2D eigenvalue weighted by molar-refractivity contribution is 9.10. The molecule has 1 fully saturated rings. The van der Waals surface area contributed by atoms with Crippen LogP contribution in [0, 0.1) is 13.8 Å². The number of esters is 1. The largest absolute Gasteiger partial charge is 0.872 e. The molecule has 2 N–H and O–H groups in total. The molecule has 1 amide bonds. The summed E-state index contributed by atoms with van der Waals surface area (Å²) in [5, 5.41) is 13.8. The first-order chi connectivity index (χ1) is 16.2. The number of hydrogen-bond acceptors (Lipinski definition) is 5. The Kier molecular flexibility index (Phi) is 6.39. The number of nitrogens with zero attached hydrogens (tertiary/aromatic N) is 1. The third kappa shape index (κ3) is 4.03. The molecule has 1 atom stereocenters. The highest BCUT2D eigenvalue weighted by Crippen LogP contribution is 2.41. The Balaban J connectivity index is 1.91. The first-order valence-electron chi connectivity index (χ1n) is 10.5. The lowest BCUT2D eigenvalue weighted by Crippen LogP contribution is -2.29. The summed E-state index contributed by atoms with van der Waals surface area (Å²) in [5.41, 5.74) is 2.38. The number of carbonyl (C=O) groups is 3. The van der Waals surface area contributed by atoms with Crippen LogP contribution in [0.4, 0.5) is 0 Å². The van der Waals surface area contributed by atoms with Crippen LogP contribution < -0.4 is 10.1 Å². The van der Waals surface area contributed by atoms with Gasteiger partial charge in [0.25, 0.3) is 5.91 Å². The van der Waals surface area contributed by atoms with Crippen LogP contribution in [-0.2, 0) is 20.9 Å². The Labute approximate surface area is 204 Å². The third-order valence-corrected chi connectivity index (χ3v) is 6.42. The number of benzene rings is 1. The van der Waals surface area contributed by atoms with Crippen molar-refractivity contribution in [1.29, 1.82) is 0 Å². The number of likely N-dealkylation sites (tertiary alicyclic amines) is 1. The molecule has 0 radical (unpaired) electrons. The number of amides is 1. The first-order valence-corrected chi connectivity index (χ1v) is 11.3. The number of aromatic amines is 2. The standard InChI is InChI=1S/C25H22BrN3O5/c1-13-18(14(2)28-20(13)25(33)34-3)22(30)19-21(16-6-8-17(26)9-7-16)29(24(32)23(19)31)12-15-5-4-10-27-11-15/h4-11,21,28,30H,12H2,1-3H3. The molecule has 9 heteroatoms. The number of carbonyl (C=O) groups excluding carboxylic acids is 3. The molecule has 1 aliphatic heterocycles. The zero-order valence-electron chi connectivity index (χ0n) is 18.8. The molecule has 0 aliphatic carbocycles. The molecule has 0 bridgehead atoms. The molecule has 34 heavy (non-hydrogen) atoms. The lowest BCUT2D eigenvalue weighted by atomic mass is 9.94. The van der Waals surface area contributed by atoms with Crippen LogP contribution in [0.15, 0.2) is 58.8 Å². The van der Waals surface area contributed by atoms with Crippen LogP contribution in [0.1, 0.15) is 44.5 Å². The van der Waals surface area contributed by atoms with Gasteiger partial charge >= 0.3 is 5.97 Å². The number of Topliss-reactive ketones (excluding diaryl/α,β-unsaturated/α-hetero) is 1. The minimum absolute atomic E-state index is 0.137. The Morgan fingerprint density at radius 3 is 2.53 bits per heavy atom. The summed E-state index contributed by atoms with van der Waals surface area (Å²) in [4.78, 5) is 45.7. The Morgan fingerprint density at radius 1 is 1.21 bits per heavy atom. The van der Waals surface area contributed by atoms with E-state index in [2.05, 4.69) is 25.9 Å². The van der Waals surface area contributed by atoms with E-state index >= 15 is 0 Å². The van der Waals surface area contributed by atoms with Gasteiger partial charge in [-0.25, -0.2) is 9.78 Å². The van der Waals surface area contributed by atoms with E-state index in [9.17, 15) is 19.5 Å². The third-order valence-electron chi connectivity index (χ3n) is 5.89. The van der Waals surface area contributed by atoms with Crippen molar-refractivity contribution in [3.63, 3.8) is 0 Å². The van der Waals surface area contributed by atoms with Crippen molar-refractivity contribution in [2.75, 3.05) is 7.11 Å². The average molecular weight is 524 g/mol. The highest BCUT2D eigenvalue weighted by Gasteiger charge is 2.44. The summed E-state index contributed by atoms with van der Waals surface area (Å²) in [7, 11) is 1.25. The van der Waals surface area contributed by atoms with Crippen LogP contribution >= 0.6 is 15.9 Å². The number of H-pyrrole nitrogens is 2. The molecule has 0 saturated carbocycles. The van der Waals surface area contributed by atoms with Gasteiger partial charge in [0, 0.05) is 27.4 Å². The molecular weight excluding hydrogens is 502 g/mol. The van der Waals surface area contributed by atoms with Crippen LogP contribution in [0.2, 0.25) is 0 Å². The topological polar surface area (TPSA) is 117 Å². The van der Waals surface area contributed by atoms with Gasteiger partial charge in [0.05, 0.1) is 19.7 Å². The lowest BCUT2D eigenvalue weighted by Gasteiger charge is -2.27. The summed E-state index contributed by atoms with van der Waals surface area (Å²) < 4.78 is 5.61. The fraction of sp³-hybridized carbons (Fsp3) is 0.200. The highest BCUT2D eigenvalue weighted by atomic mass is 79.9. The number of ether oxygens (including phenoxy) is 1. The zero-order chi connectivity index (χ0) is 24.6. The number of rotatable bonds is 5. The molecule has 0 spiro atoms. The summed E-state index contributed by atoms with van der Waals surface area (Å²) in [6.07, 6.45) is 3.48. The number of methoxy groups -OCH3 is 1. The molecular formula is C25H22BrN3O5. The molecule has 1 saturated heterocycles. The van der Waals surface area contributed by atoms with E-state index in [4.69, 9.17) is 4.74 Å². The van der Waals surface area contributed by atoms with E-state index in [0.29, 0.717) is 16.8 Å². The van der Waals surface area contributed by atoms with Gasteiger partial charge in [-0.1, -0.05) is 33.8 Å². The van der Waals surface area contributed by atoms with Crippen molar-refractivity contribution in [2.45, 2.75) is 26.4 Å². The van der Waals surface area contributed by atoms with E-state index in [1.165, 1.54) is 12.0 Å². The molecule has 3 heterocycles. The number of aryl methyl sites for hydroxylation is 1. The number of halogens is 1. The summed E-state index contributed by atoms with van der Waals surface area (Å²) in [5.74, 6) is -2.81. The Morgan fingerprint density at radius 2 is 1.91 bits per heavy atom. The Hall–Kier alpha value is -3.72. The fourth-order valence-electron chi connectivity index (χ4n) is 4.28. The number of pyridine rings is 1. The maximum Gasteiger partial charge on any atom is 0.354 e. The van der Waals surface area contributed by atoms with Crippen LogP contribution in [0.25, 0.3) is 5.76 Å². The molecule has 1 aliphatic rings. The van der Waals surface area contributed by atoms with Gasteiger partial charge in [-0.05, 0) is 48.7 Å². The molecule has 1 unspecified atom stereocenters. The second kappa shape index (κ2) is 9.26.